The summed E-state index contributed by atoms with van der Waals surface area (Å²) in [5.41, 5.74) is 5.46. The van der Waals surface area contributed by atoms with Gasteiger partial charge in [0.2, 0.25) is 0 Å². The minimum Gasteiger partial charge on any atom is -0.459 e. The van der Waals surface area contributed by atoms with Crippen molar-refractivity contribution >= 4 is 55.3 Å². The van der Waals surface area contributed by atoms with Crippen molar-refractivity contribution in [3.05, 3.63) is 78.9 Å². The lowest BCUT2D eigenvalue weighted by molar-refractivity contribution is 0.447. The molecule has 0 radical (unpaired) electrons. The van der Waals surface area contributed by atoms with Gasteiger partial charge in [0.25, 0.3) is 12.2 Å². The smallest absolute Gasteiger partial charge is 0.300 e. The molecule has 0 fully saturated rings. The number of para-hydroxylation sites is 3. The molecule has 30 heavy (non-hydrogen) atoms. The van der Waals surface area contributed by atoms with E-state index in [2.05, 4.69) is 46.1 Å². The fourth-order valence-electron chi connectivity index (χ4n) is 4.82. The van der Waals surface area contributed by atoms with Crippen molar-refractivity contribution in [2.24, 2.45) is 0 Å². The van der Waals surface area contributed by atoms with Gasteiger partial charge in [-0.25, -0.2) is 0 Å². The molecule has 4 aromatic rings. The fourth-order valence-corrected chi connectivity index (χ4v) is 5.64. The molecule has 7 rings (SSSR count). The van der Waals surface area contributed by atoms with E-state index in [1.165, 1.54) is 0 Å². The van der Waals surface area contributed by atoms with Crippen molar-refractivity contribution < 1.29 is 14.2 Å². The maximum absolute atomic E-state index is 6.53. The fraction of sp³-hybridized carbons (Fsp3) is 0. The number of fused-ring (bicyclic) bond motifs is 7. The Balaban J connectivity index is 1.55. The molecule has 0 aliphatic carbocycles. The zero-order valence-corrected chi connectivity index (χ0v) is 17.3. The molecule has 3 aliphatic rings. The van der Waals surface area contributed by atoms with E-state index in [1.807, 2.05) is 48.5 Å². The molecular formula is C24H13B2BrO3. The highest BCUT2D eigenvalue weighted by Gasteiger charge is 2.44. The molecule has 0 aromatic heterocycles. The zero-order valence-electron chi connectivity index (χ0n) is 15.8. The summed E-state index contributed by atoms with van der Waals surface area (Å²) in [7, 11) is 0. The van der Waals surface area contributed by atoms with E-state index in [4.69, 9.17) is 14.2 Å². The number of hydrogen-bond acceptors (Lipinski definition) is 3. The molecule has 140 valence electrons. The maximum Gasteiger partial charge on any atom is 0.300 e. The lowest BCUT2D eigenvalue weighted by atomic mass is 9.34. The largest absolute Gasteiger partial charge is 0.459 e. The Kier molecular flexibility index (Phi) is 3.31. The molecule has 0 unspecified atom stereocenters. The van der Waals surface area contributed by atoms with Crippen molar-refractivity contribution in [1.29, 1.82) is 0 Å². The molecule has 4 aromatic carbocycles. The lowest BCUT2D eigenvalue weighted by Crippen LogP contribution is -2.59. The second kappa shape index (κ2) is 5.96. The molecule has 3 aliphatic heterocycles. The van der Waals surface area contributed by atoms with Crippen LogP contribution in [0.3, 0.4) is 0 Å². The minimum atomic E-state index is -0.0270. The highest BCUT2D eigenvalue weighted by molar-refractivity contribution is 9.25. The van der Waals surface area contributed by atoms with Crippen molar-refractivity contribution in [3.8, 4) is 34.5 Å². The second-order valence-corrected chi connectivity index (χ2v) is 8.66. The summed E-state index contributed by atoms with van der Waals surface area (Å²) in [6.07, 6.45) is 0. The van der Waals surface area contributed by atoms with E-state index in [0.717, 1.165) is 61.8 Å². The monoisotopic (exact) mass is 450 g/mol. The Morgan fingerprint density at radius 2 is 1.03 bits per heavy atom. The van der Waals surface area contributed by atoms with Gasteiger partial charge in [-0.2, -0.15) is 0 Å². The number of benzene rings is 4. The molecule has 3 nitrogen and oxygen atoms in total. The van der Waals surface area contributed by atoms with E-state index >= 15 is 0 Å². The van der Waals surface area contributed by atoms with Gasteiger partial charge in [-0.05, 0) is 34.6 Å². The third kappa shape index (κ3) is 2.12. The summed E-state index contributed by atoms with van der Waals surface area (Å²) in [4.78, 5) is 0. The normalized spacial score (nSPS) is 14.2. The predicted molar refractivity (Wildman–Crippen MR) is 125 cm³/mol. The van der Waals surface area contributed by atoms with Gasteiger partial charge in [0.15, 0.2) is 0 Å². The van der Waals surface area contributed by atoms with Crippen LogP contribution in [0.1, 0.15) is 0 Å². The van der Waals surface area contributed by atoms with Crippen LogP contribution < -0.4 is 41.5 Å². The minimum absolute atomic E-state index is 0.0270. The van der Waals surface area contributed by atoms with Crippen LogP contribution in [0.2, 0.25) is 0 Å². The molecule has 6 heteroatoms. The Labute approximate surface area is 182 Å². The first-order chi connectivity index (χ1) is 14.8. The number of rotatable bonds is 0. The summed E-state index contributed by atoms with van der Waals surface area (Å²) in [5.74, 6) is 5.00. The third-order valence-corrected chi connectivity index (χ3v) is 7.08. The molecule has 0 N–H and O–H groups in total. The summed E-state index contributed by atoms with van der Waals surface area (Å²) >= 11 is 3.92. The molecular weight excluding hydrogens is 438 g/mol. The van der Waals surface area contributed by atoms with Crippen LogP contribution in [0, 0.1) is 0 Å². The standard InChI is InChI=1S/C24H13B2BrO3/c27-26-16-9-3-6-12-19(16)29-21-13-20-22-24(23(21)26)30-18-11-5-2-8-15(18)25(22)14-7-1-4-10-17(14)28-20/h1-13H. The van der Waals surface area contributed by atoms with Crippen molar-refractivity contribution in [3.63, 3.8) is 0 Å². The van der Waals surface area contributed by atoms with Crippen LogP contribution in [0.15, 0.2) is 78.9 Å². The summed E-state index contributed by atoms with van der Waals surface area (Å²) in [5, 5.41) is 0. The van der Waals surface area contributed by atoms with Gasteiger partial charge in [0.1, 0.15) is 34.5 Å². The van der Waals surface area contributed by atoms with Crippen LogP contribution in [0.25, 0.3) is 0 Å². The molecule has 0 atom stereocenters. The summed E-state index contributed by atoms with van der Waals surface area (Å²) < 4.78 is 19.2. The van der Waals surface area contributed by atoms with E-state index in [-0.39, 0.29) is 12.2 Å². The van der Waals surface area contributed by atoms with Crippen LogP contribution in [-0.2, 0) is 0 Å². The van der Waals surface area contributed by atoms with Gasteiger partial charge in [0.05, 0.1) is 0 Å². The number of ether oxygens (including phenoxy) is 3. The lowest BCUT2D eigenvalue weighted by Gasteiger charge is -2.36. The van der Waals surface area contributed by atoms with Gasteiger partial charge in [-0.3, -0.25) is 0 Å². The van der Waals surface area contributed by atoms with Crippen LogP contribution in [0.5, 0.6) is 34.5 Å². The van der Waals surface area contributed by atoms with Gasteiger partial charge >= 0.3 is 0 Å². The topological polar surface area (TPSA) is 27.7 Å². The quantitative estimate of drug-likeness (QED) is 0.333. The first-order valence-corrected chi connectivity index (χ1v) is 10.9. The van der Waals surface area contributed by atoms with Crippen molar-refractivity contribution in [1.82, 2.24) is 0 Å². The molecule has 0 spiro atoms. The third-order valence-electron chi connectivity index (χ3n) is 6.13. The summed E-state index contributed by atoms with van der Waals surface area (Å²) in [6.45, 7) is 0.0621. The molecule has 0 bridgehead atoms. The van der Waals surface area contributed by atoms with Crippen molar-refractivity contribution in [2.75, 3.05) is 0 Å². The highest BCUT2D eigenvalue weighted by atomic mass is 79.9. The van der Waals surface area contributed by atoms with Gasteiger partial charge in [-0.15, -0.1) is 15.8 Å². The molecule has 0 amide bonds. The highest BCUT2D eigenvalue weighted by Crippen LogP contribution is 2.39. The van der Waals surface area contributed by atoms with Gasteiger partial charge < -0.3 is 14.2 Å². The Hall–Kier alpha value is -3.11. The Morgan fingerprint density at radius 3 is 1.70 bits per heavy atom. The maximum atomic E-state index is 6.53. The molecule has 0 saturated carbocycles. The van der Waals surface area contributed by atoms with Crippen LogP contribution in [-0.4, -0.2) is 12.2 Å². The SMILES string of the molecule is BrB1c2ccccc2Oc2cc3c4c(c21)Oc1ccccc1B4c1ccccc1O3. The molecule has 0 saturated heterocycles. The number of halogens is 1. The Morgan fingerprint density at radius 1 is 0.533 bits per heavy atom. The average Bonchev–Trinajstić information content (AvgIpc) is 2.78. The van der Waals surface area contributed by atoms with Crippen molar-refractivity contribution in [2.45, 2.75) is 0 Å². The van der Waals surface area contributed by atoms with Gasteiger partial charge in [-0.1, -0.05) is 54.6 Å². The van der Waals surface area contributed by atoms with E-state index in [1.54, 1.807) is 0 Å². The van der Waals surface area contributed by atoms with E-state index in [9.17, 15) is 0 Å². The average molecular weight is 451 g/mol. The zero-order chi connectivity index (χ0) is 19.8. The predicted octanol–water partition coefficient (Wildman–Crippen LogP) is 3.02. The van der Waals surface area contributed by atoms with Gasteiger partial charge in [0, 0.05) is 17.0 Å². The van der Waals surface area contributed by atoms with E-state index in [0.29, 0.717) is 0 Å². The second-order valence-electron chi connectivity index (χ2n) is 7.74. The van der Waals surface area contributed by atoms with Crippen LogP contribution >= 0.6 is 15.8 Å². The molecule has 3 heterocycles. The first-order valence-electron chi connectivity index (χ1n) is 9.95. The Bertz CT molecular complexity index is 1360. The van der Waals surface area contributed by atoms with Crippen LogP contribution in [0.4, 0.5) is 0 Å². The first kappa shape index (κ1) is 16.7. The van der Waals surface area contributed by atoms with E-state index < -0.39 is 0 Å². The number of hydrogen-bond donors (Lipinski definition) is 0. The summed E-state index contributed by atoms with van der Waals surface area (Å²) in [6, 6.07) is 26.6.